The van der Waals surface area contributed by atoms with Gasteiger partial charge in [0, 0.05) is 14.1 Å². The molecular weight excluding hydrogens is 496 g/mol. The van der Waals surface area contributed by atoms with Crippen molar-refractivity contribution >= 4 is 33.2 Å². The zero-order chi connectivity index (χ0) is 26.9. The maximum absolute atomic E-state index is 13.6. The molecular formula is C26H28N4O6S. The molecule has 1 aliphatic rings. The summed E-state index contributed by atoms with van der Waals surface area (Å²) in [6, 6.07) is 15.7. The molecule has 4 rings (SSSR count). The fraction of sp³-hybridized carbons (Fsp3) is 0.231. The normalized spacial score (nSPS) is 15.0. The van der Waals surface area contributed by atoms with Crippen molar-refractivity contribution in [1.82, 2.24) is 9.62 Å². The van der Waals surface area contributed by atoms with Crippen LogP contribution in [-0.2, 0) is 19.6 Å². The first-order valence-corrected chi connectivity index (χ1v) is 13.0. The van der Waals surface area contributed by atoms with Crippen LogP contribution in [0.2, 0.25) is 0 Å². The van der Waals surface area contributed by atoms with E-state index >= 15 is 0 Å². The molecule has 2 heterocycles. The third kappa shape index (κ3) is 4.83. The number of nitrogens with zero attached hydrogens (tertiary/aromatic N) is 2. The van der Waals surface area contributed by atoms with Crippen LogP contribution in [0.15, 0.2) is 81.4 Å². The number of rotatable bonds is 9. The number of phenols is 1. The standard InChI is InChI=1S/C26H28N4O6S/c1-5-18(20-15-14-16(2)36-20)27-22-23(26(33)30(25(22)32)17-10-7-6-8-11-17)28-19-12-9-13-21(24(19)31)37(34,35)29(3)4/h6-15,18,27-28,31H,5H2,1-4H3/t18-/m1/s1. The fourth-order valence-electron chi connectivity index (χ4n) is 3.94. The fourth-order valence-corrected chi connectivity index (χ4v) is 4.94. The lowest BCUT2D eigenvalue weighted by molar-refractivity contribution is -0.120. The van der Waals surface area contributed by atoms with Crippen LogP contribution in [0.25, 0.3) is 0 Å². The largest absolute Gasteiger partial charge is 0.504 e. The van der Waals surface area contributed by atoms with E-state index in [-0.39, 0.29) is 22.0 Å². The van der Waals surface area contributed by atoms with Crippen LogP contribution >= 0.6 is 0 Å². The minimum Gasteiger partial charge on any atom is -0.504 e. The molecule has 0 fully saturated rings. The Hall–Kier alpha value is -4.09. The smallest absolute Gasteiger partial charge is 0.284 e. The van der Waals surface area contributed by atoms with Gasteiger partial charge in [-0.2, -0.15) is 0 Å². The molecule has 0 saturated heterocycles. The second kappa shape index (κ2) is 10.1. The van der Waals surface area contributed by atoms with E-state index in [1.54, 1.807) is 49.4 Å². The van der Waals surface area contributed by atoms with Crippen LogP contribution < -0.4 is 15.5 Å². The van der Waals surface area contributed by atoms with Gasteiger partial charge in [-0.3, -0.25) is 9.59 Å². The lowest BCUT2D eigenvalue weighted by Crippen LogP contribution is -2.34. The molecule has 0 spiro atoms. The molecule has 1 aliphatic heterocycles. The molecule has 0 saturated carbocycles. The Morgan fingerprint density at radius 3 is 2.24 bits per heavy atom. The van der Waals surface area contributed by atoms with E-state index in [2.05, 4.69) is 10.6 Å². The Kier molecular flexibility index (Phi) is 7.10. The van der Waals surface area contributed by atoms with Gasteiger partial charge in [0.25, 0.3) is 11.8 Å². The maximum Gasteiger partial charge on any atom is 0.284 e. The molecule has 0 aliphatic carbocycles. The molecule has 3 aromatic rings. The molecule has 0 radical (unpaired) electrons. The highest BCUT2D eigenvalue weighted by Gasteiger charge is 2.41. The molecule has 3 N–H and O–H groups in total. The molecule has 1 atom stereocenters. The highest BCUT2D eigenvalue weighted by atomic mass is 32.2. The van der Waals surface area contributed by atoms with E-state index in [9.17, 15) is 23.1 Å². The Morgan fingerprint density at radius 2 is 1.65 bits per heavy atom. The monoisotopic (exact) mass is 524 g/mol. The minimum atomic E-state index is -3.97. The number of amides is 2. The van der Waals surface area contributed by atoms with Gasteiger partial charge in [0.05, 0.1) is 17.4 Å². The third-order valence-corrected chi connectivity index (χ3v) is 7.79. The summed E-state index contributed by atoms with van der Waals surface area (Å²) >= 11 is 0. The quantitative estimate of drug-likeness (QED) is 0.286. The van der Waals surface area contributed by atoms with Crippen LogP contribution in [0.3, 0.4) is 0 Å². The minimum absolute atomic E-state index is 0.0324. The van der Waals surface area contributed by atoms with Crippen LogP contribution in [0.1, 0.15) is 30.9 Å². The van der Waals surface area contributed by atoms with Crippen LogP contribution in [0, 0.1) is 6.92 Å². The van der Waals surface area contributed by atoms with Crippen molar-refractivity contribution in [2.24, 2.45) is 0 Å². The van der Waals surface area contributed by atoms with E-state index in [0.29, 0.717) is 23.6 Å². The lowest BCUT2D eigenvalue weighted by atomic mass is 10.1. The van der Waals surface area contributed by atoms with Gasteiger partial charge >= 0.3 is 0 Å². The Labute approximate surface area is 215 Å². The number of aromatic hydroxyl groups is 1. The average molecular weight is 525 g/mol. The Balaban J connectivity index is 1.80. The molecule has 2 aromatic carbocycles. The van der Waals surface area contributed by atoms with Gasteiger partial charge < -0.3 is 20.2 Å². The second-order valence-corrected chi connectivity index (χ2v) is 10.8. The highest BCUT2D eigenvalue weighted by molar-refractivity contribution is 7.89. The first-order chi connectivity index (χ1) is 17.6. The molecule has 1 aromatic heterocycles. The number of carbonyl (C=O) groups is 2. The number of hydrogen-bond acceptors (Lipinski definition) is 8. The predicted molar refractivity (Wildman–Crippen MR) is 138 cm³/mol. The number of para-hydroxylation sites is 2. The van der Waals surface area contributed by atoms with Gasteiger partial charge in [0.15, 0.2) is 5.75 Å². The molecule has 11 heteroatoms. The van der Waals surface area contributed by atoms with Gasteiger partial charge in [0.1, 0.15) is 27.8 Å². The summed E-state index contributed by atoms with van der Waals surface area (Å²) in [5, 5.41) is 16.8. The summed E-state index contributed by atoms with van der Waals surface area (Å²) in [6.45, 7) is 3.71. The topological polar surface area (TPSA) is 132 Å². The first-order valence-electron chi connectivity index (χ1n) is 11.6. The van der Waals surface area contributed by atoms with Gasteiger partial charge in [0.2, 0.25) is 10.0 Å². The molecule has 0 bridgehead atoms. The molecule has 37 heavy (non-hydrogen) atoms. The molecule has 0 unspecified atom stereocenters. The van der Waals surface area contributed by atoms with Gasteiger partial charge in [-0.1, -0.05) is 31.2 Å². The summed E-state index contributed by atoms with van der Waals surface area (Å²) in [5.74, 6) is -0.546. The predicted octanol–water partition coefficient (Wildman–Crippen LogP) is 3.48. The summed E-state index contributed by atoms with van der Waals surface area (Å²) in [4.78, 5) is 27.8. The first kappa shape index (κ1) is 26.0. The number of phenolic OH excluding ortho intramolecular Hbond substituents is 1. The van der Waals surface area contributed by atoms with E-state index in [0.717, 1.165) is 9.21 Å². The number of nitrogens with one attached hydrogen (secondary N) is 2. The van der Waals surface area contributed by atoms with Crippen molar-refractivity contribution in [2.45, 2.75) is 31.2 Å². The number of imide groups is 1. The number of hydrogen-bond donors (Lipinski definition) is 3. The third-order valence-electron chi connectivity index (χ3n) is 5.95. The number of benzene rings is 2. The zero-order valence-corrected chi connectivity index (χ0v) is 21.7. The average Bonchev–Trinajstić information content (AvgIpc) is 3.39. The summed E-state index contributed by atoms with van der Waals surface area (Å²) in [6.07, 6.45) is 0.540. The number of anilines is 2. The van der Waals surface area contributed by atoms with Crippen molar-refractivity contribution in [1.29, 1.82) is 0 Å². The van der Waals surface area contributed by atoms with Gasteiger partial charge in [-0.15, -0.1) is 0 Å². The van der Waals surface area contributed by atoms with E-state index in [4.69, 9.17) is 4.42 Å². The van der Waals surface area contributed by atoms with E-state index in [1.165, 1.54) is 32.3 Å². The number of sulfonamides is 1. The summed E-state index contributed by atoms with van der Waals surface area (Å²) in [7, 11) is -1.29. The number of carbonyl (C=O) groups excluding carboxylic acids is 2. The van der Waals surface area contributed by atoms with Gasteiger partial charge in [-0.05, 0) is 49.7 Å². The summed E-state index contributed by atoms with van der Waals surface area (Å²) in [5.41, 5.74) is 0.152. The Bertz CT molecular complexity index is 1480. The van der Waals surface area contributed by atoms with Crippen LogP contribution in [0.4, 0.5) is 11.4 Å². The lowest BCUT2D eigenvalue weighted by Gasteiger charge is -2.18. The van der Waals surface area contributed by atoms with Crippen LogP contribution in [-0.4, -0.2) is 43.7 Å². The maximum atomic E-state index is 13.6. The molecule has 194 valence electrons. The number of furan rings is 1. The van der Waals surface area contributed by atoms with Crippen LogP contribution in [0.5, 0.6) is 5.75 Å². The molecule has 10 nitrogen and oxygen atoms in total. The Morgan fingerprint density at radius 1 is 0.973 bits per heavy atom. The zero-order valence-electron chi connectivity index (χ0n) is 20.8. The molecule has 2 amide bonds. The van der Waals surface area contributed by atoms with E-state index in [1.807, 2.05) is 6.92 Å². The second-order valence-electron chi connectivity index (χ2n) is 8.65. The summed E-state index contributed by atoms with van der Waals surface area (Å²) < 4.78 is 32.1. The van der Waals surface area contributed by atoms with Crippen molar-refractivity contribution < 1.29 is 27.5 Å². The number of aryl methyl sites for hydroxylation is 1. The van der Waals surface area contributed by atoms with Crippen molar-refractivity contribution in [3.63, 3.8) is 0 Å². The van der Waals surface area contributed by atoms with E-state index < -0.39 is 33.6 Å². The van der Waals surface area contributed by atoms with Crippen molar-refractivity contribution in [3.8, 4) is 5.75 Å². The highest BCUT2D eigenvalue weighted by Crippen LogP contribution is 2.36. The van der Waals surface area contributed by atoms with Crippen molar-refractivity contribution in [2.75, 3.05) is 24.3 Å². The SMILES string of the molecule is CC[C@@H](NC1=C(Nc2cccc(S(=O)(=O)N(C)C)c2O)C(=O)N(c2ccccc2)C1=O)c1ccc(C)o1. The van der Waals surface area contributed by atoms with Crippen molar-refractivity contribution in [3.05, 3.63) is 83.6 Å². The van der Waals surface area contributed by atoms with Gasteiger partial charge in [-0.25, -0.2) is 17.6 Å².